The van der Waals surface area contributed by atoms with Crippen molar-refractivity contribution in [1.29, 1.82) is 0 Å². The van der Waals surface area contributed by atoms with E-state index < -0.39 is 10.9 Å². The van der Waals surface area contributed by atoms with Crippen LogP contribution in [0.5, 0.6) is 0 Å². The van der Waals surface area contributed by atoms with Gasteiger partial charge in [-0.2, -0.15) is 0 Å². The smallest absolute Gasteiger partial charge is 0.345 e. The predicted octanol–water partition coefficient (Wildman–Crippen LogP) is 3.91. The van der Waals surface area contributed by atoms with Gasteiger partial charge < -0.3 is 4.74 Å². The van der Waals surface area contributed by atoms with Crippen molar-refractivity contribution >= 4 is 23.3 Å². The average Bonchev–Trinajstić information content (AvgIpc) is 2.44. The monoisotopic (exact) mass is 305 g/mol. The van der Waals surface area contributed by atoms with Crippen molar-refractivity contribution in [3.8, 4) is 0 Å². The quantitative estimate of drug-likeness (QED) is 0.488. The Morgan fingerprint density at radius 2 is 2.05 bits per heavy atom. The number of aryl methyl sites for hydroxylation is 1. The number of carbonyl (C=O) groups excluding carboxylic acids is 1. The van der Waals surface area contributed by atoms with Crippen molar-refractivity contribution in [2.45, 2.75) is 13.5 Å². The van der Waals surface area contributed by atoms with Crippen LogP contribution in [0.1, 0.15) is 21.5 Å². The first-order valence-electron chi connectivity index (χ1n) is 6.14. The van der Waals surface area contributed by atoms with Crippen LogP contribution in [0.2, 0.25) is 5.02 Å². The van der Waals surface area contributed by atoms with E-state index in [1.165, 1.54) is 12.1 Å². The van der Waals surface area contributed by atoms with E-state index in [1.54, 1.807) is 0 Å². The zero-order chi connectivity index (χ0) is 15.4. The summed E-state index contributed by atoms with van der Waals surface area (Å²) in [6, 6.07) is 11.3. The normalized spacial score (nSPS) is 10.2. The van der Waals surface area contributed by atoms with Crippen LogP contribution in [0.15, 0.2) is 42.5 Å². The number of hydrogen-bond acceptors (Lipinski definition) is 4. The van der Waals surface area contributed by atoms with E-state index in [9.17, 15) is 14.9 Å². The molecule has 2 aromatic carbocycles. The number of ether oxygens (including phenoxy) is 1. The molecule has 0 unspecified atom stereocenters. The van der Waals surface area contributed by atoms with E-state index in [2.05, 4.69) is 0 Å². The van der Waals surface area contributed by atoms with Gasteiger partial charge in [-0.05, 0) is 24.6 Å². The maximum Gasteiger partial charge on any atom is 0.345 e. The minimum Gasteiger partial charge on any atom is -0.457 e. The molecule has 2 rings (SSSR count). The molecule has 0 saturated heterocycles. The number of carbonyl (C=O) groups is 1. The SMILES string of the molecule is Cc1cccc(COC(=O)c2ccc(Cl)cc2[N+](=O)[O-])c1. The van der Waals surface area contributed by atoms with Crippen LogP contribution < -0.4 is 0 Å². The molecule has 0 radical (unpaired) electrons. The molecule has 0 aromatic heterocycles. The molecule has 0 aliphatic rings. The van der Waals surface area contributed by atoms with Crippen LogP contribution in [0.4, 0.5) is 5.69 Å². The van der Waals surface area contributed by atoms with Gasteiger partial charge in [-0.3, -0.25) is 10.1 Å². The van der Waals surface area contributed by atoms with Crippen molar-refractivity contribution in [3.05, 3.63) is 74.3 Å². The van der Waals surface area contributed by atoms with Gasteiger partial charge in [-0.15, -0.1) is 0 Å². The second-order valence-corrected chi connectivity index (χ2v) is 4.92. The summed E-state index contributed by atoms with van der Waals surface area (Å²) in [4.78, 5) is 22.2. The van der Waals surface area contributed by atoms with Gasteiger partial charge in [0.15, 0.2) is 0 Å². The fraction of sp³-hybridized carbons (Fsp3) is 0.133. The summed E-state index contributed by atoms with van der Waals surface area (Å²) in [5.41, 5.74) is 1.38. The molecule has 2 aromatic rings. The Labute approximate surface area is 126 Å². The summed E-state index contributed by atoms with van der Waals surface area (Å²) >= 11 is 5.70. The van der Waals surface area contributed by atoms with Crippen molar-refractivity contribution in [2.75, 3.05) is 0 Å². The van der Waals surface area contributed by atoms with Crippen LogP contribution in [0.3, 0.4) is 0 Å². The predicted molar refractivity (Wildman–Crippen MR) is 78.4 cm³/mol. The summed E-state index contributed by atoms with van der Waals surface area (Å²) in [6.45, 7) is 1.98. The first kappa shape index (κ1) is 15.0. The Kier molecular flexibility index (Phi) is 4.55. The number of nitro groups is 1. The van der Waals surface area contributed by atoms with E-state index in [-0.39, 0.29) is 22.9 Å². The van der Waals surface area contributed by atoms with E-state index in [4.69, 9.17) is 16.3 Å². The minimum atomic E-state index is -0.750. The third kappa shape index (κ3) is 3.79. The Morgan fingerprint density at radius 1 is 1.29 bits per heavy atom. The highest BCUT2D eigenvalue weighted by molar-refractivity contribution is 6.31. The molecular weight excluding hydrogens is 294 g/mol. The van der Waals surface area contributed by atoms with E-state index in [1.807, 2.05) is 31.2 Å². The fourth-order valence-corrected chi connectivity index (χ4v) is 2.02. The van der Waals surface area contributed by atoms with E-state index in [0.29, 0.717) is 0 Å². The number of esters is 1. The lowest BCUT2D eigenvalue weighted by molar-refractivity contribution is -0.385. The summed E-state index contributed by atoms with van der Waals surface area (Å²) in [5.74, 6) is -0.750. The molecule has 0 spiro atoms. The Bertz CT molecular complexity index is 700. The third-order valence-electron chi connectivity index (χ3n) is 2.83. The molecule has 0 amide bonds. The summed E-state index contributed by atoms with van der Waals surface area (Å²) < 4.78 is 5.11. The lowest BCUT2D eigenvalue weighted by atomic mass is 10.1. The minimum absolute atomic E-state index is 0.0558. The molecule has 5 nitrogen and oxygen atoms in total. The van der Waals surface area contributed by atoms with Crippen molar-refractivity contribution < 1.29 is 14.5 Å². The van der Waals surface area contributed by atoms with Crippen molar-refractivity contribution in [3.63, 3.8) is 0 Å². The van der Waals surface area contributed by atoms with Gasteiger partial charge in [-0.1, -0.05) is 41.4 Å². The fourth-order valence-electron chi connectivity index (χ4n) is 1.86. The second kappa shape index (κ2) is 6.37. The first-order chi connectivity index (χ1) is 9.97. The van der Waals surface area contributed by atoms with Gasteiger partial charge in [0, 0.05) is 11.1 Å². The molecule has 108 valence electrons. The molecule has 0 aliphatic heterocycles. The third-order valence-corrected chi connectivity index (χ3v) is 3.06. The number of hydrogen-bond donors (Lipinski definition) is 0. The first-order valence-corrected chi connectivity index (χ1v) is 6.52. The van der Waals surface area contributed by atoms with Crippen LogP contribution in [-0.2, 0) is 11.3 Å². The average molecular weight is 306 g/mol. The molecular formula is C15H12ClNO4. The van der Waals surface area contributed by atoms with Gasteiger partial charge in [0.1, 0.15) is 12.2 Å². The number of halogens is 1. The molecule has 0 heterocycles. The van der Waals surface area contributed by atoms with E-state index in [0.717, 1.165) is 17.2 Å². The maximum atomic E-state index is 12.0. The molecule has 0 fully saturated rings. The van der Waals surface area contributed by atoms with Gasteiger partial charge in [0.25, 0.3) is 5.69 Å². The number of rotatable bonds is 4. The van der Waals surface area contributed by atoms with Crippen LogP contribution in [0.25, 0.3) is 0 Å². The van der Waals surface area contributed by atoms with E-state index >= 15 is 0 Å². The highest BCUT2D eigenvalue weighted by Gasteiger charge is 2.21. The Morgan fingerprint density at radius 3 is 2.71 bits per heavy atom. The number of benzene rings is 2. The van der Waals surface area contributed by atoms with Gasteiger partial charge in [0.05, 0.1) is 4.92 Å². The molecule has 0 N–H and O–H groups in total. The molecule has 6 heteroatoms. The molecule has 0 aliphatic carbocycles. The molecule has 0 atom stereocenters. The lowest BCUT2D eigenvalue weighted by Gasteiger charge is -2.06. The van der Waals surface area contributed by atoms with Crippen molar-refractivity contribution in [1.82, 2.24) is 0 Å². The Balaban J connectivity index is 2.15. The van der Waals surface area contributed by atoms with Gasteiger partial charge in [0.2, 0.25) is 0 Å². The zero-order valence-electron chi connectivity index (χ0n) is 11.2. The standard InChI is InChI=1S/C15H12ClNO4/c1-10-3-2-4-11(7-10)9-21-15(18)13-6-5-12(16)8-14(13)17(19)20/h2-8H,9H2,1H3. The highest BCUT2D eigenvalue weighted by atomic mass is 35.5. The summed E-state index contributed by atoms with van der Waals surface area (Å²) in [5, 5.41) is 11.1. The molecule has 0 saturated carbocycles. The largest absolute Gasteiger partial charge is 0.457 e. The zero-order valence-corrected chi connectivity index (χ0v) is 12.0. The summed E-state index contributed by atoms with van der Waals surface area (Å²) in [6.07, 6.45) is 0. The second-order valence-electron chi connectivity index (χ2n) is 4.48. The van der Waals surface area contributed by atoms with Crippen LogP contribution in [-0.4, -0.2) is 10.9 Å². The molecule has 0 bridgehead atoms. The van der Waals surface area contributed by atoms with Gasteiger partial charge >= 0.3 is 5.97 Å². The topological polar surface area (TPSA) is 69.4 Å². The number of nitrogens with zero attached hydrogens (tertiary/aromatic N) is 1. The maximum absolute atomic E-state index is 12.0. The summed E-state index contributed by atoms with van der Waals surface area (Å²) in [7, 11) is 0. The van der Waals surface area contributed by atoms with Crippen molar-refractivity contribution in [2.24, 2.45) is 0 Å². The number of nitro benzene ring substituents is 1. The van der Waals surface area contributed by atoms with Crippen LogP contribution >= 0.6 is 11.6 Å². The molecule has 21 heavy (non-hydrogen) atoms. The highest BCUT2D eigenvalue weighted by Crippen LogP contribution is 2.24. The lowest BCUT2D eigenvalue weighted by Crippen LogP contribution is -2.08. The van der Waals surface area contributed by atoms with Gasteiger partial charge in [-0.25, -0.2) is 4.79 Å². The Hall–Kier alpha value is -2.40. The van der Waals surface area contributed by atoms with Crippen LogP contribution in [0, 0.1) is 17.0 Å².